The lowest BCUT2D eigenvalue weighted by molar-refractivity contribution is 0.397. The average molecular weight is 298 g/mol. The zero-order valence-corrected chi connectivity index (χ0v) is 12.1. The van der Waals surface area contributed by atoms with Crippen LogP contribution in [-0.2, 0) is 0 Å². The number of aromatic hydroxyl groups is 1. The van der Waals surface area contributed by atoms with E-state index in [2.05, 4.69) is 9.97 Å². The number of hydrogen-bond donors (Lipinski definition) is 2. The van der Waals surface area contributed by atoms with Crippen LogP contribution in [0.2, 0.25) is 0 Å². The van der Waals surface area contributed by atoms with Crippen molar-refractivity contribution in [1.29, 1.82) is 0 Å². The number of phenolic OH excluding ortho intramolecular Hbond substituents is 1. The lowest BCUT2D eigenvalue weighted by Gasteiger charge is -2.09. The molecule has 0 spiro atoms. The van der Waals surface area contributed by atoms with E-state index in [1.54, 1.807) is 24.3 Å². The second-order valence-corrected chi connectivity index (χ2v) is 4.69. The van der Waals surface area contributed by atoms with Crippen LogP contribution < -0.4 is 15.0 Å². The molecule has 3 aromatic rings. The Balaban J connectivity index is 2.27. The van der Waals surface area contributed by atoms with E-state index >= 15 is 0 Å². The fraction of sp³-hybridized carbons (Fsp3) is 0.125. The highest BCUT2D eigenvalue weighted by Gasteiger charge is 2.12. The van der Waals surface area contributed by atoms with Gasteiger partial charge in [-0.2, -0.15) is 0 Å². The van der Waals surface area contributed by atoms with Gasteiger partial charge in [-0.05, 0) is 24.3 Å². The minimum atomic E-state index is -0.299. The normalized spacial score (nSPS) is 10.6. The number of fused-ring (bicyclic) bond motifs is 1. The molecule has 0 aliphatic rings. The molecule has 0 atom stereocenters. The summed E-state index contributed by atoms with van der Waals surface area (Å²) in [6.07, 6.45) is 0. The van der Waals surface area contributed by atoms with Crippen LogP contribution in [0.25, 0.3) is 22.3 Å². The smallest absolute Gasteiger partial charge is 0.262 e. The SMILES string of the molecule is COc1cc(OC)c2c(=O)[nH]c(-c3ccc(O)cc3)nc2c1. The maximum absolute atomic E-state index is 12.4. The summed E-state index contributed by atoms with van der Waals surface area (Å²) in [5, 5.41) is 9.71. The quantitative estimate of drug-likeness (QED) is 0.775. The van der Waals surface area contributed by atoms with Crippen LogP contribution in [0.15, 0.2) is 41.2 Å². The van der Waals surface area contributed by atoms with Gasteiger partial charge in [0.25, 0.3) is 5.56 Å². The predicted octanol–water partition coefficient (Wildman–Crippen LogP) is 2.31. The highest BCUT2D eigenvalue weighted by Crippen LogP contribution is 2.28. The molecule has 0 radical (unpaired) electrons. The first kappa shape index (κ1) is 13.9. The van der Waals surface area contributed by atoms with Crippen molar-refractivity contribution < 1.29 is 14.6 Å². The summed E-state index contributed by atoms with van der Waals surface area (Å²) in [4.78, 5) is 19.5. The van der Waals surface area contributed by atoms with E-state index in [1.807, 2.05) is 0 Å². The predicted molar refractivity (Wildman–Crippen MR) is 82.6 cm³/mol. The van der Waals surface area contributed by atoms with Crippen LogP contribution in [0.3, 0.4) is 0 Å². The number of methoxy groups -OCH3 is 2. The number of aromatic nitrogens is 2. The lowest BCUT2D eigenvalue weighted by atomic mass is 10.1. The zero-order valence-electron chi connectivity index (χ0n) is 12.1. The number of phenols is 1. The van der Waals surface area contributed by atoms with Gasteiger partial charge >= 0.3 is 0 Å². The third kappa shape index (κ3) is 2.35. The van der Waals surface area contributed by atoms with Crippen LogP contribution in [0.5, 0.6) is 17.2 Å². The minimum absolute atomic E-state index is 0.148. The van der Waals surface area contributed by atoms with Gasteiger partial charge in [-0.25, -0.2) is 4.98 Å². The van der Waals surface area contributed by atoms with E-state index in [9.17, 15) is 9.90 Å². The molecule has 112 valence electrons. The van der Waals surface area contributed by atoms with E-state index in [1.165, 1.54) is 26.4 Å². The van der Waals surface area contributed by atoms with E-state index < -0.39 is 0 Å². The van der Waals surface area contributed by atoms with Crippen molar-refractivity contribution in [3.8, 4) is 28.6 Å². The molecule has 6 nitrogen and oxygen atoms in total. The van der Waals surface area contributed by atoms with Crippen molar-refractivity contribution in [3.63, 3.8) is 0 Å². The van der Waals surface area contributed by atoms with Crippen LogP contribution in [0, 0.1) is 0 Å². The molecule has 0 aliphatic carbocycles. The van der Waals surface area contributed by atoms with Crippen LogP contribution in [0.1, 0.15) is 0 Å². The summed E-state index contributed by atoms with van der Waals surface area (Å²) in [5.41, 5.74) is 0.870. The Hall–Kier alpha value is -3.02. The molecule has 0 saturated carbocycles. The molecular formula is C16H14N2O4. The fourth-order valence-corrected chi connectivity index (χ4v) is 2.25. The van der Waals surface area contributed by atoms with Gasteiger partial charge in [-0.3, -0.25) is 4.79 Å². The van der Waals surface area contributed by atoms with E-state index in [0.29, 0.717) is 33.8 Å². The molecular weight excluding hydrogens is 284 g/mol. The molecule has 2 aromatic carbocycles. The summed E-state index contributed by atoms with van der Waals surface area (Å²) in [6, 6.07) is 9.74. The Morgan fingerprint density at radius 3 is 2.45 bits per heavy atom. The van der Waals surface area contributed by atoms with Gasteiger partial charge < -0.3 is 19.6 Å². The molecule has 0 unspecified atom stereocenters. The summed E-state index contributed by atoms with van der Waals surface area (Å²) in [5.74, 6) is 1.52. The maximum atomic E-state index is 12.4. The number of rotatable bonds is 3. The van der Waals surface area contributed by atoms with Crippen molar-refractivity contribution in [1.82, 2.24) is 9.97 Å². The van der Waals surface area contributed by atoms with Crippen LogP contribution >= 0.6 is 0 Å². The summed E-state index contributed by atoms with van der Waals surface area (Å²) < 4.78 is 10.4. The number of nitrogens with one attached hydrogen (secondary N) is 1. The highest BCUT2D eigenvalue weighted by atomic mass is 16.5. The van der Waals surface area contributed by atoms with Crippen LogP contribution in [-0.4, -0.2) is 29.3 Å². The lowest BCUT2D eigenvalue weighted by Crippen LogP contribution is -2.11. The van der Waals surface area contributed by atoms with E-state index in [4.69, 9.17) is 9.47 Å². The molecule has 6 heteroatoms. The number of benzene rings is 2. The molecule has 22 heavy (non-hydrogen) atoms. The molecule has 1 aromatic heterocycles. The number of nitrogens with zero attached hydrogens (tertiary/aromatic N) is 1. The van der Waals surface area contributed by atoms with Crippen molar-refractivity contribution >= 4 is 10.9 Å². The first-order valence-corrected chi connectivity index (χ1v) is 6.58. The summed E-state index contributed by atoms with van der Waals surface area (Å²) in [6.45, 7) is 0. The van der Waals surface area contributed by atoms with Crippen LogP contribution in [0.4, 0.5) is 0 Å². The first-order valence-electron chi connectivity index (χ1n) is 6.58. The Labute approximate surface area is 126 Å². The third-order valence-corrected chi connectivity index (χ3v) is 3.34. The topological polar surface area (TPSA) is 84.4 Å². The summed E-state index contributed by atoms with van der Waals surface area (Å²) in [7, 11) is 3.02. The van der Waals surface area contributed by atoms with Gasteiger partial charge in [-0.1, -0.05) is 0 Å². The van der Waals surface area contributed by atoms with Gasteiger partial charge in [-0.15, -0.1) is 0 Å². The number of ether oxygens (including phenoxy) is 2. The molecule has 0 aliphatic heterocycles. The van der Waals surface area contributed by atoms with Gasteiger partial charge in [0, 0.05) is 17.7 Å². The highest BCUT2D eigenvalue weighted by molar-refractivity contribution is 5.87. The molecule has 0 bridgehead atoms. The Kier molecular flexibility index (Phi) is 3.42. The minimum Gasteiger partial charge on any atom is -0.508 e. The van der Waals surface area contributed by atoms with E-state index in [-0.39, 0.29) is 11.3 Å². The second kappa shape index (κ2) is 5.40. The molecule has 0 amide bonds. The molecule has 3 rings (SSSR count). The maximum Gasteiger partial charge on any atom is 0.262 e. The Morgan fingerprint density at radius 2 is 1.82 bits per heavy atom. The number of H-pyrrole nitrogens is 1. The fourth-order valence-electron chi connectivity index (χ4n) is 2.25. The molecule has 2 N–H and O–H groups in total. The monoisotopic (exact) mass is 298 g/mol. The Bertz CT molecular complexity index is 885. The van der Waals surface area contributed by atoms with Gasteiger partial charge in [0.05, 0.1) is 19.7 Å². The number of hydrogen-bond acceptors (Lipinski definition) is 5. The molecule has 1 heterocycles. The van der Waals surface area contributed by atoms with Gasteiger partial charge in [0.15, 0.2) is 0 Å². The zero-order chi connectivity index (χ0) is 15.7. The van der Waals surface area contributed by atoms with Gasteiger partial charge in [0.2, 0.25) is 0 Å². The Morgan fingerprint density at radius 1 is 1.09 bits per heavy atom. The van der Waals surface area contributed by atoms with Crippen molar-refractivity contribution in [3.05, 3.63) is 46.8 Å². The third-order valence-electron chi connectivity index (χ3n) is 3.34. The van der Waals surface area contributed by atoms with Gasteiger partial charge in [0.1, 0.15) is 28.5 Å². The van der Waals surface area contributed by atoms with Crippen molar-refractivity contribution in [2.45, 2.75) is 0 Å². The first-order chi connectivity index (χ1) is 10.6. The number of aromatic amines is 1. The van der Waals surface area contributed by atoms with Crippen molar-refractivity contribution in [2.75, 3.05) is 14.2 Å². The molecule has 0 saturated heterocycles. The molecule has 0 fully saturated rings. The summed E-state index contributed by atoms with van der Waals surface area (Å²) >= 11 is 0. The average Bonchev–Trinajstić information content (AvgIpc) is 2.54. The van der Waals surface area contributed by atoms with Crippen molar-refractivity contribution in [2.24, 2.45) is 0 Å². The van der Waals surface area contributed by atoms with E-state index in [0.717, 1.165) is 0 Å². The second-order valence-electron chi connectivity index (χ2n) is 4.69. The standard InChI is InChI=1S/C16H14N2O4/c1-21-11-7-12-14(13(8-11)22-2)16(20)18-15(17-12)9-3-5-10(19)6-4-9/h3-8,19H,1-2H3,(H,17,18,20). The largest absolute Gasteiger partial charge is 0.508 e.